The number of methoxy groups -OCH3 is 2. The minimum atomic E-state index is -3.40. The Morgan fingerprint density at radius 1 is 0.964 bits per heavy atom. The van der Waals surface area contributed by atoms with Gasteiger partial charge in [-0.25, -0.2) is 8.42 Å². The summed E-state index contributed by atoms with van der Waals surface area (Å²) in [6.07, 6.45) is 5.68. The fourth-order valence-electron chi connectivity index (χ4n) is 7.29. The maximum absolute atomic E-state index is 13.5. The van der Waals surface area contributed by atoms with E-state index in [-0.39, 0.29) is 27.9 Å². The lowest BCUT2D eigenvalue weighted by Gasteiger charge is -2.63. The molecule has 0 radical (unpaired) electrons. The molecule has 1 unspecified atom stereocenters. The van der Waals surface area contributed by atoms with Crippen molar-refractivity contribution < 1.29 is 17.9 Å². The number of sulfone groups is 1. The van der Waals surface area contributed by atoms with E-state index in [1.54, 1.807) is 20.3 Å². The molecule has 2 aliphatic carbocycles. The Hall–Kier alpha value is -1.23. The van der Waals surface area contributed by atoms with Crippen molar-refractivity contribution in [1.29, 1.82) is 0 Å². The van der Waals surface area contributed by atoms with Crippen LogP contribution in [0, 0.1) is 22.7 Å². The van der Waals surface area contributed by atoms with Gasteiger partial charge in [-0.05, 0) is 54.4 Å². The van der Waals surface area contributed by atoms with Crippen molar-refractivity contribution in [2.75, 3.05) is 20.0 Å². The Balaban J connectivity index is 1.95. The quantitative estimate of drug-likeness (QED) is 0.694. The van der Waals surface area contributed by atoms with E-state index >= 15 is 0 Å². The number of hydrogen-bond acceptors (Lipinski definition) is 4. The fraction of sp³-hybridized carbons (Fsp3) is 0.739. The fourth-order valence-corrected chi connectivity index (χ4v) is 9.59. The van der Waals surface area contributed by atoms with E-state index in [1.807, 2.05) is 6.07 Å². The van der Waals surface area contributed by atoms with E-state index in [1.165, 1.54) is 12.8 Å². The third-order valence-electron chi connectivity index (χ3n) is 8.58. The van der Waals surface area contributed by atoms with Crippen LogP contribution in [0.4, 0.5) is 0 Å². The van der Waals surface area contributed by atoms with Gasteiger partial charge < -0.3 is 9.47 Å². The Labute approximate surface area is 169 Å². The van der Waals surface area contributed by atoms with E-state index in [4.69, 9.17) is 9.47 Å². The highest BCUT2D eigenvalue weighted by atomic mass is 32.2. The Kier molecular flexibility index (Phi) is 4.39. The molecular formula is C23H34O4S. The standard InChI is InChI=1S/C23H34O4S/c1-21(2)9-7-10-22(3)18(21)8-11-23(4)19(22)14-28(24,25)17-13-15(26-5)12-16(27-6)20(17)23/h12-13,18-19H,7-11,14H2,1-6H3/t18-,19?,22-,23+/m0/s1. The van der Waals surface area contributed by atoms with Crippen LogP contribution in [0.1, 0.15) is 65.4 Å². The average molecular weight is 407 g/mol. The summed E-state index contributed by atoms with van der Waals surface area (Å²) in [7, 11) is -0.204. The highest BCUT2D eigenvalue weighted by Crippen LogP contribution is 2.67. The van der Waals surface area contributed by atoms with Crippen molar-refractivity contribution in [3.63, 3.8) is 0 Å². The molecule has 2 fully saturated rings. The van der Waals surface area contributed by atoms with Gasteiger partial charge in [0.2, 0.25) is 0 Å². The Morgan fingerprint density at radius 3 is 2.32 bits per heavy atom. The van der Waals surface area contributed by atoms with Gasteiger partial charge in [0.05, 0.1) is 24.9 Å². The van der Waals surface area contributed by atoms with Gasteiger partial charge in [-0.1, -0.05) is 34.1 Å². The van der Waals surface area contributed by atoms with Gasteiger partial charge in [0, 0.05) is 17.0 Å². The van der Waals surface area contributed by atoms with Crippen molar-refractivity contribution in [3.8, 4) is 11.5 Å². The van der Waals surface area contributed by atoms with Gasteiger partial charge in [0.25, 0.3) is 0 Å². The van der Waals surface area contributed by atoms with Gasteiger partial charge in [0.15, 0.2) is 9.84 Å². The summed E-state index contributed by atoms with van der Waals surface area (Å²) in [5.74, 6) is 2.10. The molecule has 1 heterocycles. The zero-order valence-corrected chi connectivity index (χ0v) is 18.9. The molecule has 0 bridgehead atoms. The summed E-state index contributed by atoms with van der Waals surface area (Å²) in [6.45, 7) is 9.42. The molecule has 4 rings (SSSR count). The molecule has 0 saturated heterocycles. The van der Waals surface area contributed by atoms with Crippen LogP contribution in [0.2, 0.25) is 0 Å². The average Bonchev–Trinajstić information content (AvgIpc) is 2.62. The van der Waals surface area contributed by atoms with Gasteiger partial charge in [-0.2, -0.15) is 0 Å². The van der Waals surface area contributed by atoms with Crippen LogP contribution in [0.5, 0.6) is 11.5 Å². The second kappa shape index (κ2) is 6.13. The molecule has 0 N–H and O–H groups in total. The largest absolute Gasteiger partial charge is 0.497 e. The van der Waals surface area contributed by atoms with Gasteiger partial charge >= 0.3 is 0 Å². The normalized spacial score (nSPS) is 37.9. The van der Waals surface area contributed by atoms with Crippen LogP contribution in [-0.2, 0) is 15.3 Å². The van der Waals surface area contributed by atoms with E-state index in [0.29, 0.717) is 22.3 Å². The first-order valence-electron chi connectivity index (χ1n) is 10.5. The molecule has 2 saturated carbocycles. The Bertz CT molecular complexity index is 903. The minimum Gasteiger partial charge on any atom is -0.497 e. The molecule has 4 nitrogen and oxygen atoms in total. The van der Waals surface area contributed by atoms with Crippen molar-refractivity contribution in [3.05, 3.63) is 17.7 Å². The molecule has 0 spiro atoms. The maximum atomic E-state index is 13.5. The highest BCUT2D eigenvalue weighted by molar-refractivity contribution is 7.91. The third kappa shape index (κ3) is 2.57. The molecule has 156 valence electrons. The van der Waals surface area contributed by atoms with Crippen LogP contribution < -0.4 is 9.47 Å². The summed E-state index contributed by atoms with van der Waals surface area (Å²) >= 11 is 0. The number of benzene rings is 1. The molecule has 1 aromatic carbocycles. The number of hydrogen-bond donors (Lipinski definition) is 0. The summed E-state index contributed by atoms with van der Waals surface area (Å²) in [6, 6.07) is 3.55. The van der Waals surface area contributed by atoms with Crippen LogP contribution >= 0.6 is 0 Å². The second-order valence-corrected chi connectivity index (χ2v) is 12.4. The van der Waals surface area contributed by atoms with E-state index in [9.17, 15) is 8.42 Å². The summed E-state index contributed by atoms with van der Waals surface area (Å²) in [4.78, 5) is 0.416. The number of rotatable bonds is 2. The van der Waals surface area contributed by atoms with E-state index < -0.39 is 9.84 Å². The zero-order valence-electron chi connectivity index (χ0n) is 18.1. The Morgan fingerprint density at radius 2 is 1.68 bits per heavy atom. The summed E-state index contributed by atoms with van der Waals surface area (Å²) in [5.41, 5.74) is 0.985. The molecule has 0 amide bonds. The molecule has 28 heavy (non-hydrogen) atoms. The first-order valence-corrected chi connectivity index (χ1v) is 12.1. The molecule has 1 aliphatic heterocycles. The minimum absolute atomic E-state index is 0.0322. The van der Waals surface area contributed by atoms with Crippen molar-refractivity contribution in [1.82, 2.24) is 0 Å². The molecule has 4 atom stereocenters. The van der Waals surface area contributed by atoms with Crippen LogP contribution in [0.25, 0.3) is 0 Å². The molecule has 5 heteroatoms. The van der Waals surface area contributed by atoms with Crippen molar-refractivity contribution in [2.24, 2.45) is 22.7 Å². The van der Waals surface area contributed by atoms with Gasteiger partial charge in [0.1, 0.15) is 11.5 Å². The monoisotopic (exact) mass is 406 g/mol. The molecular weight excluding hydrogens is 372 g/mol. The molecule has 1 aromatic rings. The molecule has 3 aliphatic rings. The third-order valence-corrected chi connectivity index (χ3v) is 10.3. The predicted octanol–water partition coefficient (Wildman–Crippen LogP) is 4.99. The first kappa shape index (κ1) is 20.1. The van der Waals surface area contributed by atoms with E-state index in [0.717, 1.165) is 24.8 Å². The highest BCUT2D eigenvalue weighted by Gasteiger charge is 2.62. The number of fused-ring (bicyclic) bond motifs is 5. The second-order valence-electron chi connectivity index (χ2n) is 10.4. The lowest BCUT2D eigenvalue weighted by molar-refractivity contribution is -0.0984. The maximum Gasteiger partial charge on any atom is 0.179 e. The van der Waals surface area contributed by atoms with Crippen molar-refractivity contribution >= 4 is 9.84 Å². The van der Waals surface area contributed by atoms with Crippen molar-refractivity contribution in [2.45, 2.75) is 70.1 Å². The number of ether oxygens (including phenoxy) is 2. The first-order chi connectivity index (χ1) is 13.0. The van der Waals surface area contributed by atoms with Crippen LogP contribution in [-0.4, -0.2) is 28.4 Å². The van der Waals surface area contributed by atoms with Gasteiger partial charge in [-0.3, -0.25) is 0 Å². The summed E-state index contributed by atoms with van der Waals surface area (Å²) in [5, 5.41) is 0. The predicted molar refractivity (Wildman–Crippen MR) is 111 cm³/mol. The van der Waals surface area contributed by atoms with E-state index in [2.05, 4.69) is 27.7 Å². The van der Waals surface area contributed by atoms with Crippen LogP contribution in [0.3, 0.4) is 0 Å². The topological polar surface area (TPSA) is 52.6 Å². The molecule has 0 aromatic heterocycles. The lowest BCUT2D eigenvalue weighted by Crippen LogP contribution is -2.59. The smallest absolute Gasteiger partial charge is 0.179 e. The lowest BCUT2D eigenvalue weighted by atomic mass is 9.43. The summed E-state index contributed by atoms with van der Waals surface area (Å²) < 4.78 is 38.0. The SMILES string of the molecule is COc1cc(OC)c2c(c1)S(=O)(=O)CC1[C@@]2(C)CC[C@H]2C(C)(C)CCC[C@]12C. The van der Waals surface area contributed by atoms with Crippen LogP contribution in [0.15, 0.2) is 17.0 Å². The van der Waals surface area contributed by atoms with Gasteiger partial charge in [-0.15, -0.1) is 0 Å². The zero-order chi connectivity index (χ0) is 20.5.